The fourth-order valence-electron chi connectivity index (χ4n) is 2.42. The number of morpholine rings is 1. The number of carbonyl (C=O) groups is 1. The molecule has 0 N–H and O–H groups in total. The van der Waals surface area contributed by atoms with Gasteiger partial charge in [0.05, 0.1) is 13.2 Å². The van der Waals surface area contributed by atoms with E-state index in [9.17, 15) is 4.79 Å². The molecule has 0 aliphatic carbocycles. The maximum Gasteiger partial charge on any atom is 0.223 e. The lowest BCUT2D eigenvalue weighted by Crippen LogP contribution is -2.40. The third-order valence-electron chi connectivity index (χ3n) is 3.78. The van der Waals surface area contributed by atoms with Crippen LogP contribution in [0.5, 0.6) is 0 Å². The normalized spacial score (nSPS) is 16.2. The van der Waals surface area contributed by atoms with E-state index in [1.54, 1.807) is 0 Å². The van der Waals surface area contributed by atoms with Crippen molar-refractivity contribution >= 4 is 5.91 Å². The molecule has 1 aromatic carbocycles. The second-order valence-electron chi connectivity index (χ2n) is 6.44. The first-order valence-corrected chi connectivity index (χ1v) is 7.42. The number of hydrogen-bond acceptors (Lipinski definition) is 2. The second kappa shape index (κ2) is 6.40. The van der Waals surface area contributed by atoms with Gasteiger partial charge in [-0.3, -0.25) is 4.79 Å². The zero-order valence-electron chi connectivity index (χ0n) is 12.8. The number of hydrogen-bond donors (Lipinski definition) is 0. The van der Waals surface area contributed by atoms with Gasteiger partial charge in [-0.05, 0) is 23.0 Å². The summed E-state index contributed by atoms with van der Waals surface area (Å²) < 4.78 is 5.27. The van der Waals surface area contributed by atoms with Crippen LogP contribution in [-0.4, -0.2) is 37.1 Å². The van der Waals surface area contributed by atoms with E-state index in [1.807, 2.05) is 4.90 Å². The molecule has 0 radical (unpaired) electrons. The van der Waals surface area contributed by atoms with E-state index in [0.29, 0.717) is 19.6 Å². The molecule has 1 fully saturated rings. The number of benzene rings is 1. The molecule has 3 nitrogen and oxygen atoms in total. The highest BCUT2D eigenvalue weighted by molar-refractivity contribution is 5.76. The number of aryl methyl sites for hydroxylation is 1. The first-order chi connectivity index (χ1) is 9.47. The molecule has 1 aliphatic heterocycles. The predicted molar refractivity (Wildman–Crippen MR) is 80.9 cm³/mol. The molecule has 0 unspecified atom stereocenters. The Morgan fingerprint density at radius 3 is 2.60 bits per heavy atom. The van der Waals surface area contributed by atoms with E-state index in [1.165, 1.54) is 11.1 Å². The lowest BCUT2D eigenvalue weighted by Gasteiger charge is -2.27. The van der Waals surface area contributed by atoms with Crippen molar-refractivity contribution in [2.24, 2.45) is 0 Å². The third kappa shape index (κ3) is 4.07. The van der Waals surface area contributed by atoms with Crippen molar-refractivity contribution in [1.82, 2.24) is 4.90 Å². The van der Waals surface area contributed by atoms with Crippen LogP contribution in [0.15, 0.2) is 24.3 Å². The van der Waals surface area contributed by atoms with E-state index in [4.69, 9.17) is 4.74 Å². The number of nitrogens with zero attached hydrogens (tertiary/aromatic N) is 1. The summed E-state index contributed by atoms with van der Waals surface area (Å²) in [5, 5.41) is 0. The molecule has 0 saturated carbocycles. The van der Waals surface area contributed by atoms with E-state index in [-0.39, 0.29) is 11.3 Å². The molecular formula is C17H25NO2. The summed E-state index contributed by atoms with van der Waals surface area (Å²) in [4.78, 5) is 14.0. The number of amides is 1. The van der Waals surface area contributed by atoms with E-state index in [0.717, 1.165) is 19.5 Å². The van der Waals surface area contributed by atoms with Crippen molar-refractivity contribution in [3.63, 3.8) is 0 Å². The quantitative estimate of drug-likeness (QED) is 0.849. The summed E-state index contributed by atoms with van der Waals surface area (Å²) in [6, 6.07) is 8.59. The molecule has 2 rings (SSSR count). The third-order valence-corrected chi connectivity index (χ3v) is 3.78. The van der Waals surface area contributed by atoms with Crippen molar-refractivity contribution < 1.29 is 9.53 Å². The molecule has 1 aromatic rings. The molecule has 0 aromatic heterocycles. The van der Waals surface area contributed by atoms with Crippen molar-refractivity contribution in [2.75, 3.05) is 26.3 Å². The molecule has 3 heteroatoms. The molecule has 1 saturated heterocycles. The minimum absolute atomic E-state index is 0.157. The molecule has 1 aliphatic rings. The smallest absolute Gasteiger partial charge is 0.223 e. The molecule has 20 heavy (non-hydrogen) atoms. The maximum absolute atomic E-state index is 12.1. The van der Waals surface area contributed by atoms with Gasteiger partial charge in [0.15, 0.2) is 0 Å². The first kappa shape index (κ1) is 15.0. The topological polar surface area (TPSA) is 29.5 Å². The first-order valence-electron chi connectivity index (χ1n) is 7.42. The van der Waals surface area contributed by atoms with Gasteiger partial charge in [0.1, 0.15) is 0 Å². The zero-order chi connectivity index (χ0) is 14.6. The Kier molecular flexibility index (Phi) is 4.81. The van der Waals surface area contributed by atoms with Gasteiger partial charge in [-0.1, -0.05) is 45.0 Å². The van der Waals surface area contributed by atoms with Crippen LogP contribution in [0.1, 0.15) is 38.3 Å². The molecule has 0 bridgehead atoms. The average molecular weight is 275 g/mol. The van der Waals surface area contributed by atoms with Gasteiger partial charge < -0.3 is 9.64 Å². The van der Waals surface area contributed by atoms with E-state index >= 15 is 0 Å². The van der Waals surface area contributed by atoms with Crippen molar-refractivity contribution in [3.05, 3.63) is 35.4 Å². The monoisotopic (exact) mass is 275 g/mol. The van der Waals surface area contributed by atoms with E-state index < -0.39 is 0 Å². The number of carbonyl (C=O) groups excluding carboxylic acids is 1. The Morgan fingerprint density at radius 2 is 1.95 bits per heavy atom. The van der Waals surface area contributed by atoms with Crippen LogP contribution < -0.4 is 0 Å². The Hall–Kier alpha value is -1.35. The lowest BCUT2D eigenvalue weighted by atomic mass is 9.86. The molecule has 0 spiro atoms. The average Bonchev–Trinajstić information content (AvgIpc) is 2.45. The second-order valence-corrected chi connectivity index (χ2v) is 6.44. The summed E-state index contributed by atoms with van der Waals surface area (Å²) in [5.74, 6) is 0.245. The minimum Gasteiger partial charge on any atom is -0.378 e. The minimum atomic E-state index is 0.157. The van der Waals surface area contributed by atoms with Gasteiger partial charge in [-0.25, -0.2) is 0 Å². The highest BCUT2D eigenvalue weighted by Gasteiger charge is 2.17. The highest BCUT2D eigenvalue weighted by atomic mass is 16.5. The van der Waals surface area contributed by atoms with Crippen LogP contribution in [-0.2, 0) is 21.4 Å². The summed E-state index contributed by atoms with van der Waals surface area (Å²) in [6.07, 6.45) is 1.41. The van der Waals surface area contributed by atoms with Crippen molar-refractivity contribution in [3.8, 4) is 0 Å². The largest absolute Gasteiger partial charge is 0.378 e. The molecule has 1 amide bonds. The Bertz CT molecular complexity index is 456. The number of rotatable bonds is 3. The summed E-state index contributed by atoms with van der Waals surface area (Å²) in [5.41, 5.74) is 2.73. The predicted octanol–water partition coefficient (Wildman–Crippen LogP) is 2.78. The molecule has 0 atom stereocenters. The SMILES string of the molecule is CC(C)(C)c1cccc(CCC(=O)N2CCOCC2)c1. The molecule has 1 heterocycles. The summed E-state index contributed by atoms with van der Waals surface area (Å²) >= 11 is 0. The van der Waals surface area contributed by atoms with Crippen LogP contribution in [0.3, 0.4) is 0 Å². The van der Waals surface area contributed by atoms with Crippen LogP contribution in [0, 0.1) is 0 Å². The molecule has 110 valence electrons. The zero-order valence-corrected chi connectivity index (χ0v) is 12.8. The van der Waals surface area contributed by atoms with Gasteiger partial charge in [0.2, 0.25) is 5.91 Å². The van der Waals surface area contributed by atoms with Gasteiger partial charge >= 0.3 is 0 Å². The van der Waals surface area contributed by atoms with Crippen molar-refractivity contribution in [1.29, 1.82) is 0 Å². The van der Waals surface area contributed by atoms with Crippen LogP contribution >= 0.6 is 0 Å². The Morgan fingerprint density at radius 1 is 1.25 bits per heavy atom. The fraction of sp³-hybridized carbons (Fsp3) is 0.588. The van der Waals surface area contributed by atoms with Gasteiger partial charge in [0, 0.05) is 19.5 Å². The highest BCUT2D eigenvalue weighted by Crippen LogP contribution is 2.23. The standard InChI is InChI=1S/C17H25NO2/c1-17(2,3)15-6-4-5-14(13-15)7-8-16(19)18-9-11-20-12-10-18/h4-6,13H,7-12H2,1-3H3. The van der Waals surface area contributed by atoms with Crippen molar-refractivity contribution in [2.45, 2.75) is 39.0 Å². The van der Waals surface area contributed by atoms with Crippen LogP contribution in [0.4, 0.5) is 0 Å². The fourth-order valence-corrected chi connectivity index (χ4v) is 2.42. The maximum atomic E-state index is 12.1. The van der Waals surface area contributed by atoms with Crippen LogP contribution in [0.25, 0.3) is 0 Å². The van der Waals surface area contributed by atoms with E-state index in [2.05, 4.69) is 45.0 Å². The summed E-state index contributed by atoms with van der Waals surface area (Å²) in [6.45, 7) is 9.46. The molecular weight excluding hydrogens is 250 g/mol. The number of ether oxygens (including phenoxy) is 1. The lowest BCUT2D eigenvalue weighted by molar-refractivity contribution is -0.135. The Labute approximate surface area is 121 Å². The summed E-state index contributed by atoms with van der Waals surface area (Å²) in [7, 11) is 0. The van der Waals surface area contributed by atoms with Gasteiger partial charge in [-0.15, -0.1) is 0 Å². The van der Waals surface area contributed by atoms with Gasteiger partial charge in [-0.2, -0.15) is 0 Å². The van der Waals surface area contributed by atoms with Gasteiger partial charge in [0.25, 0.3) is 0 Å². The van der Waals surface area contributed by atoms with Crippen LogP contribution in [0.2, 0.25) is 0 Å². The Balaban J connectivity index is 1.92.